The number of carbonyl (C=O) groups is 2. The van der Waals surface area contributed by atoms with E-state index >= 15 is 0 Å². The molecule has 6 heteroatoms. The molecular formula is C19H30N4O2. The van der Waals surface area contributed by atoms with Crippen LogP contribution in [0.4, 0.5) is 11.5 Å². The van der Waals surface area contributed by atoms with E-state index < -0.39 is 0 Å². The monoisotopic (exact) mass is 346 g/mol. The summed E-state index contributed by atoms with van der Waals surface area (Å²) in [6, 6.07) is 3.86. The number of pyridine rings is 1. The number of carbonyl (C=O) groups excluding carboxylic acids is 2. The minimum absolute atomic E-state index is 0.00110. The first-order chi connectivity index (χ1) is 11.9. The van der Waals surface area contributed by atoms with Gasteiger partial charge < -0.3 is 15.5 Å². The highest BCUT2D eigenvalue weighted by Crippen LogP contribution is 2.22. The summed E-state index contributed by atoms with van der Waals surface area (Å²) in [5.41, 5.74) is 0.730. The Hall–Kier alpha value is -2.11. The molecule has 1 aliphatic heterocycles. The molecule has 1 aromatic rings. The highest BCUT2D eigenvalue weighted by molar-refractivity contribution is 5.91. The SMILES string of the molecule is CC(C)C(=O)NCC1CCN(c2ccc(NC(=O)C(C)C)cn2)CC1. The van der Waals surface area contributed by atoms with Gasteiger partial charge in [0.25, 0.3) is 0 Å². The van der Waals surface area contributed by atoms with Crippen molar-refractivity contribution in [1.29, 1.82) is 0 Å². The van der Waals surface area contributed by atoms with E-state index in [1.807, 2.05) is 39.8 Å². The van der Waals surface area contributed by atoms with Gasteiger partial charge in [-0.2, -0.15) is 0 Å². The third-order valence-corrected chi connectivity index (χ3v) is 4.57. The molecule has 0 aromatic carbocycles. The molecule has 0 saturated carbocycles. The van der Waals surface area contributed by atoms with Crippen molar-refractivity contribution < 1.29 is 9.59 Å². The fourth-order valence-corrected chi connectivity index (χ4v) is 2.75. The van der Waals surface area contributed by atoms with Crippen LogP contribution in [-0.4, -0.2) is 36.4 Å². The van der Waals surface area contributed by atoms with Crippen LogP contribution in [0.15, 0.2) is 18.3 Å². The molecule has 2 rings (SSSR count). The van der Waals surface area contributed by atoms with Gasteiger partial charge in [0.1, 0.15) is 5.82 Å². The predicted molar refractivity (Wildman–Crippen MR) is 100 cm³/mol. The van der Waals surface area contributed by atoms with Crippen LogP contribution in [0, 0.1) is 17.8 Å². The van der Waals surface area contributed by atoms with Crippen molar-refractivity contribution in [1.82, 2.24) is 10.3 Å². The number of hydrogen-bond donors (Lipinski definition) is 2. The number of hydrogen-bond acceptors (Lipinski definition) is 4. The molecule has 0 radical (unpaired) electrons. The number of nitrogens with zero attached hydrogens (tertiary/aromatic N) is 2. The number of nitrogens with one attached hydrogen (secondary N) is 2. The zero-order valence-electron chi connectivity index (χ0n) is 15.7. The summed E-state index contributed by atoms with van der Waals surface area (Å²) in [7, 11) is 0. The molecule has 6 nitrogen and oxygen atoms in total. The van der Waals surface area contributed by atoms with Crippen molar-refractivity contribution in [2.24, 2.45) is 17.8 Å². The molecule has 1 aromatic heterocycles. The van der Waals surface area contributed by atoms with Gasteiger partial charge in [0.2, 0.25) is 11.8 Å². The van der Waals surface area contributed by atoms with Gasteiger partial charge in [0, 0.05) is 31.5 Å². The Balaban J connectivity index is 1.80. The first kappa shape index (κ1) is 19.2. The Labute approximate surface area is 150 Å². The van der Waals surface area contributed by atoms with Gasteiger partial charge in [-0.25, -0.2) is 4.98 Å². The number of amides is 2. The molecule has 0 spiro atoms. The van der Waals surface area contributed by atoms with Crippen molar-refractivity contribution >= 4 is 23.3 Å². The summed E-state index contributed by atoms with van der Waals surface area (Å²) < 4.78 is 0. The number of aromatic nitrogens is 1. The summed E-state index contributed by atoms with van der Waals surface area (Å²) >= 11 is 0. The van der Waals surface area contributed by atoms with Gasteiger partial charge in [0.05, 0.1) is 11.9 Å². The van der Waals surface area contributed by atoms with E-state index in [1.165, 1.54) is 0 Å². The van der Waals surface area contributed by atoms with Gasteiger partial charge in [-0.1, -0.05) is 27.7 Å². The third-order valence-electron chi connectivity index (χ3n) is 4.57. The highest BCUT2D eigenvalue weighted by Gasteiger charge is 2.21. The van der Waals surface area contributed by atoms with E-state index in [2.05, 4.69) is 20.5 Å². The van der Waals surface area contributed by atoms with Crippen LogP contribution in [0.5, 0.6) is 0 Å². The van der Waals surface area contributed by atoms with E-state index in [-0.39, 0.29) is 23.7 Å². The second kappa shape index (κ2) is 8.83. The van der Waals surface area contributed by atoms with Gasteiger partial charge >= 0.3 is 0 Å². The average molecular weight is 346 g/mol. The lowest BCUT2D eigenvalue weighted by Crippen LogP contribution is -2.39. The summed E-state index contributed by atoms with van der Waals surface area (Å²) in [6.45, 7) is 10.2. The smallest absolute Gasteiger partial charge is 0.226 e. The van der Waals surface area contributed by atoms with Crippen LogP contribution in [0.1, 0.15) is 40.5 Å². The van der Waals surface area contributed by atoms with Crippen LogP contribution < -0.4 is 15.5 Å². The molecule has 0 bridgehead atoms. The van der Waals surface area contributed by atoms with E-state index in [9.17, 15) is 9.59 Å². The molecule has 1 saturated heterocycles. The fourth-order valence-electron chi connectivity index (χ4n) is 2.75. The fraction of sp³-hybridized carbons (Fsp3) is 0.632. The molecule has 1 fully saturated rings. The van der Waals surface area contributed by atoms with E-state index in [4.69, 9.17) is 0 Å². The second-order valence-electron chi connectivity index (χ2n) is 7.38. The van der Waals surface area contributed by atoms with E-state index in [0.29, 0.717) is 5.92 Å². The maximum absolute atomic E-state index is 11.7. The maximum Gasteiger partial charge on any atom is 0.226 e. The number of piperidine rings is 1. The van der Waals surface area contributed by atoms with Crippen LogP contribution in [0.2, 0.25) is 0 Å². The molecule has 0 unspecified atom stereocenters. The van der Waals surface area contributed by atoms with Crippen LogP contribution in [0.3, 0.4) is 0 Å². The highest BCUT2D eigenvalue weighted by atomic mass is 16.2. The summed E-state index contributed by atoms with van der Waals surface area (Å²) in [5.74, 6) is 1.59. The summed E-state index contributed by atoms with van der Waals surface area (Å²) in [4.78, 5) is 30.1. The van der Waals surface area contributed by atoms with Crippen molar-refractivity contribution in [3.8, 4) is 0 Å². The first-order valence-electron chi connectivity index (χ1n) is 9.16. The quantitative estimate of drug-likeness (QED) is 0.830. The molecule has 1 aliphatic rings. The zero-order chi connectivity index (χ0) is 18.4. The number of rotatable bonds is 6. The van der Waals surface area contributed by atoms with Gasteiger partial charge in [-0.3, -0.25) is 9.59 Å². The Kier molecular flexibility index (Phi) is 6.79. The molecule has 2 heterocycles. The summed E-state index contributed by atoms with van der Waals surface area (Å²) in [6.07, 6.45) is 3.81. The van der Waals surface area contributed by atoms with Crippen molar-refractivity contribution in [2.45, 2.75) is 40.5 Å². The molecule has 138 valence electrons. The molecule has 0 aliphatic carbocycles. The lowest BCUT2D eigenvalue weighted by molar-refractivity contribution is -0.124. The van der Waals surface area contributed by atoms with Crippen molar-refractivity contribution in [3.63, 3.8) is 0 Å². The molecule has 2 N–H and O–H groups in total. The Morgan fingerprint density at radius 1 is 1.12 bits per heavy atom. The summed E-state index contributed by atoms with van der Waals surface area (Å²) in [5, 5.41) is 5.88. The van der Waals surface area contributed by atoms with Crippen LogP contribution in [0.25, 0.3) is 0 Å². The topological polar surface area (TPSA) is 74.3 Å². The lowest BCUT2D eigenvalue weighted by atomic mass is 9.96. The average Bonchev–Trinajstić information content (AvgIpc) is 2.60. The first-order valence-corrected chi connectivity index (χ1v) is 9.16. The largest absolute Gasteiger partial charge is 0.357 e. The van der Waals surface area contributed by atoms with Gasteiger partial charge in [-0.15, -0.1) is 0 Å². The minimum Gasteiger partial charge on any atom is -0.357 e. The molecule has 2 amide bonds. The normalized spacial score (nSPS) is 15.5. The van der Waals surface area contributed by atoms with Crippen molar-refractivity contribution in [2.75, 3.05) is 29.9 Å². The molecule has 0 atom stereocenters. The molecular weight excluding hydrogens is 316 g/mol. The van der Waals surface area contributed by atoms with Crippen molar-refractivity contribution in [3.05, 3.63) is 18.3 Å². The minimum atomic E-state index is -0.0464. The van der Waals surface area contributed by atoms with Gasteiger partial charge in [-0.05, 0) is 30.9 Å². The van der Waals surface area contributed by atoms with Crippen LogP contribution >= 0.6 is 0 Å². The third kappa shape index (κ3) is 5.73. The van der Waals surface area contributed by atoms with E-state index in [1.54, 1.807) is 6.20 Å². The van der Waals surface area contributed by atoms with Crippen LogP contribution in [-0.2, 0) is 9.59 Å². The lowest BCUT2D eigenvalue weighted by Gasteiger charge is -2.33. The molecule has 25 heavy (non-hydrogen) atoms. The standard InChI is InChI=1S/C19H30N4O2/c1-13(2)18(24)21-11-15-7-9-23(10-8-15)17-6-5-16(12-20-17)22-19(25)14(3)4/h5-6,12-15H,7-11H2,1-4H3,(H,21,24)(H,22,25). The maximum atomic E-state index is 11.7. The van der Waals surface area contributed by atoms with Gasteiger partial charge in [0.15, 0.2) is 0 Å². The van der Waals surface area contributed by atoms with E-state index in [0.717, 1.165) is 44.0 Å². The number of anilines is 2. The predicted octanol–water partition coefficient (Wildman–Crippen LogP) is 2.66. The Morgan fingerprint density at radius 3 is 2.28 bits per heavy atom. The Morgan fingerprint density at radius 2 is 1.76 bits per heavy atom. The second-order valence-corrected chi connectivity index (χ2v) is 7.38. The zero-order valence-corrected chi connectivity index (χ0v) is 15.7. The Bertz CT molecular complexity index is 576.